The Labute approximate surface area is 123 Å². The van der Waals surface area contributed by atoms with E-state index in [4.69, 9.17) is 16.7 Å². The van der Waals surface area contributed by atoms with Crippen LogP contribution in [0.5, 0.6) is 0 Å². The number of aromatic amines is 1. The zero-order valence-corrected chi connectivity index (χ0v) is 11.5. The van der Waals surface area contributed by atoms with E-state index >= 15 is 0 Å². The lowest BCUT2D eigenvalue weighted by molar-refractivity contribution is 0.0698. The van der Waals surface area contributed by atoms with Crippen molar-refractivity contribution >= 4 is 29.3 Å². The zero-order chi connectivity index (χ0) is 15.4. The molecule has 1 heterocycles. The molecule has 0 radical (unpaired) electrons. The SMILES string of the molecule is CC(NC(=O)Nc1cccc(Cl)c1C(=O)O)c1nn[nH]n1. The summed E-state index contributed by atoms with van der Waals surface area (Å²) in [5, 5.41) is 27.2. The first-order valence-electron chi connectivity index (χ1n) is 5.81. The number of halogens is 1. The molecule has 0 aliphatic rings. The third-order valence-electron chi connectivity index (χ3n) is 2.57. The lowest BCUT2D eigenvalue weighted by Crippen LogP contribution is -2.32. The molecule has 0 aliphatic heterocycles. The maximum atomic E-state index is 11.9. The van der Waals surface area contributed by atoms with Gasteiger partial charge in [0.1, 0.15) is 5.56 Å². The third-order valence-corrected chi connectivity index (χ3v) is 2.89. The third kappa shape index (κ3) is 3.45. The Morgan fingerprint density at radius 2 is 2.19 bits per heavy atom. The number of nitrogens with zero attached hydrogens (tertiary/aromatic N) is 3. The maximum Gasteiger partial charge on any atom is 0.339 e. The Hall–Kier alpha value is -2.68. The highest BCUT2D eigenvalue weighted by molar-refractivity contribution is 6.34. The predicted molar refractivity (Wildman–Crippen MR) is 73.2 cm³/mol. The molecule has 0 fully saturated rings. The number of nitrogens with one attached hydrogen (secondary N) is 3. The minimum Gasteiger partial charge on any atom is -0.478 e. The van der Waals surface area contributed by atoms with Crippen molar-refractivity contribution in [2.24, 2.45) is 0 Å². The normalized spacial score (nSPS) is 11.7. The van der Waals surface area contributed by atoms with E-state index in [-0.39, 0.29) is 16.3 Å². The molecule has 2 aromatic rings. The number of tetrazole rings is 1. The van der Waals surface area contributed by atoms with Crippen molar-refractivity contribution in [3.8, 4) is 0 Å². The van der Waals surface area contributed by atoms with Crippen LogP contribution in [-0.2, 0) is 0 Å². The van der Waals surface area contributed by atoms with E-state index in [0.717, 1.165) is 0 Å². The Morgan fingerprint density at radius 3 is 2.81 bits per heavy atom. The Kier molecular flexibility index (Phi) is 4.33. The van der Waals surface area contributed by atoms with Crippen molar-refractivity contribution in [2.45, 2.75) is 13.0 Å². The minimum absolute atomic E-state index is 0.0338. The van der Waals surface area contributed by atoms with E-state index < -0.39 is 18.0 Å². The zero-order valence-electron chi connectivity index (χ0n) is 10.8. The highest BCUT2D eigenvalue weighted by atomic mass is 35.5. The smallest absolute Gasteiger partial charge is 0.339 e. The summed E-state index contributed by atoms with van der Waals surface area (Å²) in [5.41, 5.74) is -0.0886. The average Bonchev–Trinajstić information content (AvgIpc) is 2.91. The topological polar surface area (TPSA) is 133 Å². The fourth-order valence-electron chi connectivity index (χ4n) is 1.62. The van der Waals surface area contributed by atoms with Crippen LogP contribution in [0.3, 0.4) is 0 Å². The van der Waals surface area contributed by atoms with Crippen LogP contribution in [0.25, 0.3) is 0 Å². The van der Waals surface area contributed by atoms with Gasteiger partial charge in [-0.05, 0) is 19.1 Å². The summed E-state index contributed by atoms with van der Waals surface area (Å²) in [5.74, 6) is -0.934. The molecular formula is C11H11ClN6O3. The predicted octanol–water partition coefficient (Wildman–Crippen LogP) is 1.43. The van der Waals surface area contributed by atoms with Crippen molar-refractivity contribution in [1.29, 1.82) is 0 Å². The molecule has 0 saturated carbocycles. The summed E-state index contributed by atoms with van der Waals surface area (Å²) in [6.45, 7) is 1.65. The standard InChI is InChI=1S/C11H11ClN6O3/c1-5(9-15-17-18-16-9)13-11(21)14-7-4-2-3-6(12)8(7)10(19)20/h2-5H,1H3,(H,19,20)(H2,13,14,21)(H,15,16,17,18). The van der Waals surface area contributed by atoms with Gasteiger partial charge in [0.05, 0.1) is 16.8 Å². The largest absolute Gasteiger partial charge is 0.478 e. The fraction of sp³-hybridized carbons (Fsp3) is 0.182. The lowest BCUT2D eigenvalue weighted by Gasteiger charge is -2.13. The first-order valence-corrected chi connectivity index (χ1v) is 6.19. The van der Waals surface area contributed by atoms with Crippen molar-refractivity contribution in [2.75, 3.05) is 5.32 Å². The molecule has 0 spiro atoms. The van der Waals surface area contributed by atoms with E-state index in [1.54, 1.807) is 6.92 Å². The molecule has 110 valence electrons. The number of aromatic carboxylic acids is 1. The Morgan fingerprint density at radius 1 is 1.43 bits per heavy atom. The molecule has 2 amide bonds. The number of rotatable bonds is 4. The number of carbonyl (C=O) groups is 2. The first-order chi connectivity index (χ1) is 9.99. The van der Waals surface area contributed by atoms with Gasteiger partial charge in [-0.25, -0.2) is 9.59 Å². The quantitative estimate of drug-likeness (QED) is 0.675. The van der Waals surface area contributed by atoms with Gasteiger partial charge in [0.2, 0.25) is 0 Å². The van der Waals surface area contributed by atoms with Crippen molar-refractivity contribution in [3.63, 3.8) is 0 Å². The molecule has 1 unspecified atom stereocenters. The molecule has 1 atom stereocenters. The molecular weight excluding hydrogens is 300 g/mol. The monoisotopic (exact) mass is 310 g/mol. The summed E-state index contributed by atoms with van der Waals surface area (Å²) in [4.78, 5) is 23.0. The van der Waals surface area contributed by atoms with Gasteiger partial charge in [-0.2, -0.15) is 5.21 Å². The molecule has 4 N–H and O–H groups in total. The number of H-pyrrole nitrogens is 1. The Balaban J connectivity index is 2.10. The number of amides is 2. The summed E-state index contributed by atoms with van der Waals surface area (Å²) in [6, 6.07) is 3.28. The number of benzene rings is 1. The van der Waals surface area contributed by atoms with Crippen LogP contribution in [0.2, 0.25) is 5.02 Å². The summed E-state index contributed by atoms with van der Waals surface area (Å²) in [6.07, 6.45) is 0. The number of anilines is 1. The molecule has 0 bridgehead atoms. The van der Waals surface area contributed by atoms with Crippen LogP contribution in [0, 0.1) is 0 Å². The van der Waals surface area contributed by atoms with Gasteiger partial charge in [0.25, 0.3) is 0 Å². The second-order valence-electron chi connectivity index (χ2n) is 4.06. The van der Waals surface area contributed by atoms with Crippen LogP contribution in [0.15, 0.2) is 18.2 Å². The maximum absolute atomic E-state index is 11.9. The number of hydrogen-bond donors (Lipinski definition) is 4. The van der Waals surface area contributed by atoms with Gasteiger partial charge in [-0.1, -0.05) is 22.9 Å². The van der Waals surface area contributed by atoms with Gasteiger partial charge in [-0.3, -0.25) is 0 Å². The van der Waals surface area contributed by atoms with Gasteiger partial charge < -0.3 is 15.7 Å². The van der Waals surface area contributed by atoms with Gasteiger partial charge in [0.15, 0.2) is 5.82 Å². The van der Waals surface area contributed by atoms with Crippen molar-refractivity contribution in [3.05, 3.63) is 34.6 Å². The minimum atomic E-state index is -1.23. The summed E-state index contributed by atoms with van der Waals surface area (Å²) >= 11 is 5.81. The highest BCUT2D eigenvalue weighted by Gasteiger charge is 2.18. The number of carboxylic acids is 1. The number of carbonyl (C=O) groups excluding carboxylic acids is 1. The van der Waals surface area contributed by atoms with Gasteiger partial charge in [0, 0.05) is 0 Å². The van der Waals surface area contributed by atoms with Gasteiger partial charge >= 0.3 is 12.0 Å². The fourth-order valence-corrected chi connectivity index (χ4v) is 1.87. The van der Waals surface area contributed by atoms with Gasteiger partial charge in [-0.15, -0.1) is 10.2 Å². The van der Waals surface area contributed by atoms with Crippen LogP contribution >= 0.6 is 11.6 Å². The second-order valence-corrected chi connectivity index (χ2v) is 4.46. The van der Waals surface area contributed by atoms with E-state index in [2.05, 4.69) is 31.3 Å². The molecule has 0 saturated heterocycles. The molecule has 9 nitrogen and oxygen atoms in total. The lowest BCUT2D eigenvalue weighted by atomic mass is 10.2. The van der Waals surface area contributed by atoms with Crippen LogP contribution in [0.1, 0.15) is 29.1 Å². The molecule has 21 heavy (non-hydrogen) atoms. The number of aromatic nitrogens is 4. The number of carboxylic acid groups (broad SMARTS) is 1. The number of hydrogen-bond acceptors (Lipinski definition) is 5. The van der Waals surface area contributed by atoms with E-state index in [1.807, 2.05) is 0 Å². The first kappa shape index (κ1) is 14.7. The van der Waals surface area contributed by atoms with Crippen molar-refractivity contribution < 1.29 is 14.7 Å². The van der Waals surface area contributed by atoms with E-state index in [9.17, 15) is 9.59 Å². The summed E-state index contributed by atoms with van der Waals surface area (Å²) in [7, 11) is 0. The molecule has 0 aliphatic carbocycles. The molecule has 1 aromatic heterocycles. The number of urea groups is 1. The highest BCUT2D eigenvalue weighted by Crippen LogP contribution is 2.24. The van der Waals surface area contributed by atoms with E-state index in [1.165, 1.54) is 18.2 Å². The average molecular weight is 311 g/mol. The Bertz CT molecular complexity index is 660. The van der Waals surface area contributed by atoms with E-state index in [0.29, 0.717) is 5.82 Å². The molecule has 1 aromatic carbocycles. The second kappa shape index (κ2) is 6.18. The van der Waals surface area contributed by atoms with Crippen LogP contribution in [-0.4, -0.2) is 37.7 Å². The molecule has 2 rings (SSSR count). The van der Waals surface area contributed by atoms with Crippen LogP contribution in [0.4, 0.5) is 10.5 Å². The van der Waals surface area contributed by atoms with Crippen molar-refractivity contribution in [1.82, 2.24) is 25.9 Å². The van der Waals surface area contributed by atoms with Crippen LogP contribution < -0.4 is 10.6 Å². The summed E-state index contributed by atoms with van der Waals surface area (Å²) < 4.78 is 0. The molecule has 10 heteroatoms.